The van der Waals surface area contributed by atoms with Crippen LogP contribution < -0.4 is 4.90 Å². The second-order valence-corrected chi connectivity index (χ2v) is 2.78. The van der Waals surface area contributed by atoms with E-state index in [9.17, 15) is 0 Å². The summed E-state index contributed by atoms with van der Waals surface area (Å²) in [5, 5.41) is 0. The third kappa shape index (κ3) is 1.57. The van der Waals surface area contributed by atoms with Crippen molar-refractivity contribution < 1.29 is 0 Å². The van der Waals surface area contributed by atoms with Crippen molar-refractivity contribution in [3.63, 3.8) is 0 Å². The Balaban J connectivity index is 3.07. The molecule has 1 aromatic rings. The van der Waals surface area contributed by atoms with Crippen LogP contribution in [0.3, 0.4) is 0 Å². The van der Waals surface area contributed by atoms with Gasteiger partial charge in [-0.25, -0.2) is 0 Å². The summed E-state index contributed by atoms with van der Waals surface area (Å²) in [6, 6.07) is 3.79. The lowest BCUT2D eigenvalue weighted by molar-refractivity contribution is 1.07. The summed E-state index contributed by atoms with van der Waals surface area (Å²) in [4.78, 5) is 5.05. The van der Waals surface area contributed by atoms with Crippen molar-refractivity contribution in [2.75, 3.05) is 19.0 Å². The highest BCUT2D eigenvalue weighted by molar-refractivity contribution is 7.71. The zero-order valence-corrected chi connectivity index (χ0v) is 6.90. The maximum absolute atomic E-state index is 4.97. The predicted octanol–water partition coefficient (Wildman–Crippen LogP) is 1.81. The van der Waals surface area contributed by atoms with Crippen molar-refractivity contribution in [1.82, 2.24) is 4.98 Å². The molecule has 0 spiro atoms. The Morgan fingerprint density at radius 1 is 1.50 bits per heavy atom. The molecule has 0 atom stereocenters. The largest absolute Gasteiger partial charge is 0.364 e. The van der Waals surface area contributed by atoms with Crippen molar-refractivity contribution in [3.05, 3.63) is 22.8 Å². The lowest BCUT2D eigenvalue weighted by Crippen LogP contribution is -2.09. The third-order valence-corrected chi connectivity index (χ3v) is 1.49. The predicted molar refractivity (Wildman–Crippen MR) is 46.0 cm³/mol. The second kappa shape index (κ2) is 2.84. The molecule has 0 aromatic carbocycles. The molecule has 0 bridgehead atoms. The Bertz CT molecular complexity index is 264. The van der Waals surface area contributed by atoms with Gasteiger partial charge in [0.15, 0.2) is 0 Å². The molecule has 2 nitrogen and oxygen atoms in total. The summed E-state index contributed by atoms with van der Waals surface area (Å²) in [6.45, 7) is 0. The molecule has 3 heteroatoms. The first-order valence-corrected chi connectivity index (χ1v) is 3.47. The summed E-state index contributed by atoms with van der Waals surface area (Å²) in [5.74, 6) is 1.03. The van der Waals surface area contributed by atoms with E-state index in [1.807, 2.05) is 37.3 Å². The van der Waals surface area contributed by atoms with Crippen LogP contribution in [0.2, 0.25) is 0 Å². The molecular formula is C7H10N2S. The van der Waals surface area contributed by atoms with Crippen LogP contribution in [0.15, 0.2) is 18.3 Å². The lowest BCUT2D eigenvalue weighted by atomic mass is 10.4. The second-order valence-electron chi connectivity index (χ2n) is 2.30. The Labute approximate surface area is 65.5 Å². The first-order chi connectivity index (χ1) is 4.70. The molecule has 0 aliphatic carbocycles. The van der Waals surface area contributed by atoms with Crippen LogP contribution in [0.1, 0.15) is 0 Å². The SMILES string of the molecule is CN(C)c1cc(=S)cc[nH]1. The minimum atomic E-state index is 0.863. The number of nitrogens with zero attached hydrogens (tertiary/aromatic N) is 1. The average molecular weight is 154 g/mol. The number of rotatable bonds is 1. The van der Waals surface area contributed by atoms with E-state index < -0.39 is 0 Å². The van der Waals surface area contributed by atoms with Crippen molar-refractivity contribution in [1.29, 1.82) is 0 Å². The molecule has 1 N–H and O–H groups in total. The number of pyridine rings is 1. The minimum Gasteiger partial charge on any atom is -0.364 e. The van der Waals surface area contributed by atoms with E-state index in [0.29, 0.717) is 0 Å². The fraction of sp³-hybridized carbons (Fsp3) is 0.286. The maximum atomic E-state index is 4.97. The van der Waals surface area contributed by atoms with Gasteiger partial charge in [-0.05, 0) is 12.1 Å². The Morgan fingerprint density at radius 2 is 2.20 bits per heavy atom. The quantitative estimate of drug-likeness (QED) is 0.622. The number of aromatic amines is 1. The first kappa shape index (κ1) is 7.28. The van der Waals surface area contributed by atoms with E-state index in [0.717, 1.165) is 10.3 Å². The highest BCUT2D eigenvalue weighted by Crippen LogP contribution is 2.04. The molecule has 1 rings (SSSR count). The zero-order valence-electron chi connectivity index (χ0n) is 6.09. The van der Waals surface area contributed by atoms with E-state index in [1.54, 1.807) is 0 Å². The molecule has 1 aromatic heterocycles. The van der Waals surface area contributed by atoms with Gasteiger partial charge in [-0.3, -0.25) is 0 Å². The van der Waals surface area contributed by atoms with E-state index in [1.165, 1.54) is 0 Å². The molecule has 0 fully saturated rings. The summed E-state index contributed by atoms with van der Waals surface area (Å²) < 4.78 is 0.863. The van der Waals surface area contributed by atoms with Crippen molar-refractivity contribution in [2.45, 2.75) is 0 Å². The van der Waals surface area contributed by atoms with E-state index in [-0.39, 0.29) is 0 Å². The smallest absolute Gasteiger partial charge is 0.106 e. The number of hydrogen-bond donors (Lipinski definition) is 1. The number of hydrogen-bond acceptors (Lipinski definition) is 2. The van der Waals surface area contributed by atoms with Crippen LogP contribution in [-0.2, 0) is 0 Å². The van der Waals surface area contributed by atoms with Gasteiger partial charge < -0.3 is 9.88 Å². The Kier molecular flexibility index (Phi) is 2.06. The Morgan fingerprint density at radius 3 is 2.60 bits per heavy atom. The van der Waals surface area contributed by atoms with Crippen LogP contribution in [0, 0.1) is 4.51 Å². The maximum Gasteiger partial charge on any atom is 0.106 e. The monoisotopic (exact) mass is 154 g/mol. The summed E-state index contributed by atoms with van der Waals surface area (Å²) in [6.07, 6.45) is 1.84. The average Bonchev–Trinajstić information content (AvgIpc) is 1.88. The molecule has 1 heterocycles. The molecule has 54 valence electrons. The van der Waals surface area contributed by atoms with E-state index in [4.69, 9.17) is 12.2 Å². The normalized spacial score (nSPS) is 9.40. The fourth-order valence-corrected chi connectivity index (χ4v) is 0.872. The van der Waals surface area contributed by atoms with Gasteiger partial charge >= 0.3 is 0 Å². The molecule has 0 unspecified atom stereocenters. The topological polar surface area (TPSA) is 19.0 Å². The van der Waals surface area contributed by atoms with Crippen molar-refractivity contribution >= 4 is 18.0 Å². The van der Waals surface area contributed by atoms with Gasteiger partial charge in [-0.2, -0.15) is 0 Å². The summed E-state index contributed by atoms with van der Waals surface area (Å²) >= 11 is 4.97. The molecule has 0 amide bonds. The van der Waals surface area contributed by atoms with E-state index in [2.05, 4.69) is 4.98 Å². The van der Waals surface area contributed by atoms with Crippen LogP contribution in [0.5, 0.6) is 0 Å². The van der Waals surface area contributed by atoms with Crippen LogP contribution in [0.25, 0.3) is 0 Å². The molecule has 0 saturated heterocycles. The van der Waals surface area contributed by atoms with Gasteiger partial charge in [-0.1, -0.05) is 12.2 Å². The summed E-state index contributed by atoms with van der Waals surface area (Å²) in [5.41, 5.74) is 0. The molecule has 0 saturated carbocycles. The molecular weight excluding hydrogens is 144 g/mol. The van der Waals surface area contributed by atoms with Crippen molar-refractivity contribution in [2.24, 2.45) is 0 Å². The van der Waals surface area contributed by atoms with E-state index >= 15 is 0 Å². The molecule has 10 heavy (non-hydrogen) atoms. The van der Waals surface area contributed by atoms with Gasteiger partial charge in [0.1, 0.15) is 5.82 Å². The van der Waals surface area contributed by atoms with Crippen LogP contribution in [0.4, 0.5) is 5.82 Å². The van der Waals surface area contributed by atoms with Gasteiger partial charge in [0.25, 0.3) is 0 Å². The number of aromatic nitrogens is 1. The van der Waals surface area contributed by atoms with Gasteiger partial charge in [0.05, 0.1) is 0 Å². The fourth-order valence-electron chi connectivity index (χ4n) is 0.692. The lowest BCUT2D eigenvalue weighted by Gasteiger charge is -2.10. The van der Waals surface area contributed by atoms with Gasteiger partial charge in [0, 0.05) is 24.8 Å². The van der Waals surface area contributed by atoms with Crippen LogP contribution >= 0.6 is 12.2 Å². The first-order valence-electron chi connectivity index (χ1n) is 3.06. The number of anilines is 1. The zero-order chi connectivity index (χ0) is 7.56. The van der Waals surface area contributed by atoms with Crippen LogP contribution in [-0.4, -0.2) is 19.1 Å². The molecule has 0 aliphatic heterocycles. The molecule has 0 radical (unpaired) electrons. The molecule has 0 aliphatic rings. The standard InChI is InChI=1S/C7H10N2S/c1-9(2)7-5-6(10)3-4-8-7/h3-5H,1-2H3,(H,8,10). The van der Waals surface area contributed by atoms with Gasteiger partial charge in [0.2, 0.25) is 0 Å². The number of H-pyrrole nitrogens is 1. The number of nitrogens with one attached hydrogen (secondary N) is 1. The minimum absolute atomic E-state index is 0.863. The third-order valence-electron chi connectivity index (χ3n) is 1.24. The highest BCUT2D eigenvalue weighted by Gasteiger charge is 1.90. The highest BCUT2D eigenvalue weighted by atomic mass is 32.1. The summed E-state index contributed by atoms with van der Waals surface area (Å²) in [7, 11) is 3.95. The van der Waals surface area contributed by atoms with Crippen molar-refractivity contribution in [3.8, 4) is 0 Å². The van der Waals surface area contributed by atoms with Gasteiger partial charge in [-0.15, -0.1) is 0 Å². The Hall–Kier alpha value is -0.830.